The van der Waals surface area contributed by atoms with Crippen molar-refractivity contribution in [3.63, 3.8) is 0 Å². The van der Waals surface area contributed by atoms with Crippen molar-refractivity contribution in [3.8, 4) is 5.75 Å². The number of hydrogen-bond donors (Lipinski definition) is 2. The fraction of sp³-hybridized carbons (Fsp3) is 0.444. The number of carbonyl (C=O) groups excluding carboxylic acids is 2. The smallest absolute Gasteiger partial charge is 0.338 e. The molecule has 1 heterocycles. The average Bonchev–Trinajstić information content (AvgIpc) is 2.55. The van der Waals surface area contributed by atoms with Gasteiger partial charge >= 0.3 is 12.0 Å². The first kappa shape index (κ1) is 19.3. The first-order valence-electron chi connectivity index (χ1n) is 8.35. The number of carbonyl (C=O) groups is 2. The topological polar surface area (TPSA) is 76.7 Å². The van der Waals surface area contributed by atoms with Crippen LogP contribution < -0.4 is 15.4 Å². The molecule has 1 aliphatic rings. The maximum absolute atomic E-state index is 12.4. The molecular formula is C18H23BrN2O4. The van der Waals surface area contributed by atoms with E-state index in [4.69, 9.17) is 9.47 Å². The Labute approximate surface area is 156 Å². The molecule has 1 atom stereocenters. The number of hydrogen-bond acceptors (Lipinski definition) is 4. The third-order valence-electron chi connectivity index (χ3n) is 3.80. The number of ether oxygens (including phenoxy) is 2. The molecule has 2 amide bonds. The van der Waals surface area contributed by atoms with Crippen LogP contribution in [0.4, 0.5) is 4.79 Å². The molecule has 1 aromatic rings. The molecule has 0 unspecified atom stereocenters. The van der Waals surface area contributed by atoms with Gasteiger partial charge in [-0.15, -0.1) is 0 Å². The highest BCUT2D eigenvalue weighted by Gasteiger charge is 2.34. The summed E-state index contributed by atoms with van der Waals surface area (Å²) >= 11 is 3.45. The third kappa shape index (κ3) is 4.75. The standard InChI is InChI=1S/C18H23BrN2O4/c1-4-6-9-25-14-8-7-12(19)10-13(14)16-15(17(22)24-5-2)11(3)20-18(23)21-16/h7-8,10,16H,4-6,9H2,1-3H3,(H2,20,21,23)/t16-/m0/s1. The van der Waals surface area contributed by atoms with Crippen molar-refractivity contribution in [2.45, 2.75) is 39.7 Å². The Morgan fingerprint density at radius 2 is 2.08 bits per heavy atom. The number of esters is 1. The molecule has 0 saturated heterocycles. The quantitative estimate of drug-likeness (QED) is 0.528. The summed E-state index contributed by atoms with van der Waals surface area (Å²) in [6, 6.07) is 4.55. The Balaban J connectivity index is 2.45. The molecule has 0 spiro atoms. The Morgan fingerprint density at radius 1 is 1.32 bits per heavy atom. The summed E-state index contributed by atoms with van der Waals surface area (Å²) in [4.78, 5) is 24.4. The second-order valence-corrected chi connectivity index (χ2v) is 6.59. The molecule has 0 fully saturated rings. The van der Waals surface area contributed by atoms with E-state index in [0.29, 0.717) is 29.2 Å². The molecule has 25 heavy (non-hydrogen) atoms. The van der Waals surface area contributed by atoms with Gasteiger partial charge in [-0.05, 0) is 38.5 Å². The summed E-state index contributed by atoms with van der Waals surface area (Å²) in [5, 5.41) is 5.43. The fourth-order valence-electron chi connectivity index (χ4n) is 2.61. The Hall–Kier alpha value is -2.02. The van der Waals surface area contributed by atoms with Gasteiger partial charge in [-0.3, -0.25) is 0 Å². The van der Waals surface area contributed by atoms with Crippen molar-refractivity contribution in [2.24, 2.45) is 0 Å². The molecule has 1 aliphatic heterocycles. The van der Waals surface area contributed by atoms with Crippen LogP contribution in [0.3, 0.4) is 0 Å². The summed E-state index contributed by atoms with van der Waals surface area (Å²) in [6.45, 7) is 6.35. The fourth-order valence-corrected chi connectivity index (χ4v) is 2.99. The van der Waals surface area contributed by atoms with E-state index in [1.807, 2.05) is 18.2 Å². The summed E-state index contributed by atoms with van der Waals surface area (Å²) in [5.41, 5.74) is 1.56. The van der Waals surface area contributed by atoms with E-state index in [0.717, 1.165) is 17.3 Å². The van der Waals surface area contributed by atoms with E-state index in [2.05, 4.69) is 33.5 Å². The highest BCUT2D eigenvalue weighted by atomic mass is 79.9. The van der Waals surface area contributed by atoms with Crippen LogP contribution in [-0.2, 0) is 9.53 Å². The first-order valence-corrected chi connectivity index (χ1v) is 9.14. The predicted octanol–water partition coefficient (Wildman–Crippen LogP) is 3.82. The van der Waals surface area contributed by atoms with Crippen LogP contribution in [0.1, 0.15) is 45.2 Å². The van der Waals surface area contributed by atoms with Crippen LogP contribution >= 0.6 is 15.9 Å². The van der Waals surface area contributed by atoms with Gasteiger partial charge in [-0.2, -0.15) is 0 Å². The van der Waals surface area contributed by atoms with Crippen LogP contribution in [0.2, 0.25) is 0 Å². The predicted molar refractivity (Wildman–Crippen MR) is 98.3 cm³/mol. The van der Waals surface area contributed by atoms with Crippen molar-refractivity contribution < 1.29 is 19.1 Å². The van der Waals surface area contributed by atoms with Crippen molar-refractivity contribution in [3.05, 3.63) is 39.5 Å². The van der Waals surface area contributed by atoms with Crippen LogP contribution in [0.5, 0.6) is 5.75 Å². The minimum atomic E-state index is -0.637. The van der Waals surface area contributed by atoms with Crippen molar-refractivity contribution >= 4 is 27.9 Å². The molecule has 7 heteroatoms. The maximum Gasteiger partial charge on any atom is 0.338 e. The molecule has 0 bridgehead atoms. The number of urea groups is 1. The van der Waals surface area contributed by atoms with Gasteiger partial charge in [0.2, 0.25) is 0 Å². The van der Waals surface area contributed by atoms with E-state index < -0.39 is 12.0 Å². The van der Waals surface area contributed by atoms with Gasteiger partial charge in [-0.25, -0.2) is 9.59 Å². The molecule has 0 saturated carbocycles. The van der Waals surface area contributed by atoms with Gasteiger partial charge in [0.05, 0.1) is 24.8 Å². The molecule has 0 aliphatic carbocycles. The molecule has 0 aromatic heterocycles. The molecule has 1 aromatic carbocycles. The number of amides is 2. The SMILES string of the molecule is CCCCOc1ccc(Br)cc1[C@@H]1NC(=O)NC(C)=C1C(=O)OCC. The van der Waals surface area contributed by atoms with Crippen molar-refractivity contribution in [1.82, 2.24) is 10.6 Å². The Bertz CT molecular complexity index is 688. The van der Waals surface area contributed by atoms with E-state index in [1.165, 1.54) is 0 Å². The second kappa shape index (κ2) is 8.89. The summed E-state index contributed by atoms with van der Waals surface area (Å²) in [7, 11) is 0. The number of nitrogens with one attached hydrogen (secondary N) is 2. The lowest BCUT2D eigenvalue weighted by atomic mass is 9.95. The van der Waals surface area contributed by atoms with Crippen LogP contribution in [0.15, 0.2) is 33.9 Å². The minimum Gasteiger partial charge on any atom is -0.493 e. The summed E-state index contributed by atoms with van der Waals surface area (Å²) in [6.07, 6.45) is 1.94. The second-order valence-electron chi connectivity index (χ2n) is 5.67. The first-order chi connectivity index (χ1) is 12.0. The number of allylic oxidation sites excluding steroid dienone is 1. The van der Waals surface area contributed by atoms with Crippen LogP contribution in [0.25, 0.3) is 0 Å². The lowest BCUT2D eigenvalue weighted by Crippen LogP contribution is -2.45. The van der Waals surface area contributed by atoms with Gasteiger partial charge in [0.1, 0.15) is 5.75 Å². The zero-order valence-corrected chi connectivity index (χ0v) is 16.2. The number of unbranched alkanes of at least 4 members (excludes halogenated alkanes) is 1. The van der Waals surface area contributed by atoms with Gasteiger partial charge in [0.25, 0.3) is 0 Å². The summed E-state index contributed by atoms with van der Waals surface area (Å²) < 4.78 is 11.9. The zero-order valence-electron chi connectivity index (χ0n) is 14.6. The normalized spacial score (nSPS) is 17.0. The zero-order chi connectivity index (χ0) is 18.4. The molecule has 2 rings (SSSR count). The largest absolute Gasteiger partial charge is 0.493 e. The van der Waals surface area contributed by atoms with Gasteiger partial charge in [-0.1, -0.05) is 29.3 Å². The molecule has 6 nitrogen and oxygen atoms in total. The van der Waals surface area contributed by atoms with E-state index >= 15 is 0 Å². The van der Waals surface area contributed by atoms with E-state index in [-0.39, 0.29) is 12.6 Å². The highest BCUT2D eigenvalue weighted by molar-refractivity contribution is 9.10. The van der Waals surface area contributed by atoms with Crippen LogP contribution in [0, 0.1) is 0 Å². The molecule has 0 radical (unpaired) electrons. The minimum absolute atomic E-state index is 0.259. The number of benzene rings is 1. The third-order valence-corrected chi connectivity index (χ3v) is 4.30. The van der Waals surface area contributed by atoms with Gasteiger partial charge in [0.15, 0.2) is 0 Å². The number of rotatable bonds is 7. The molecule has 136 valence electrons. The van der Waals surface area contributed by atoms with Gasteiger partial charge < -0.3 is 20.1 Å². The van der Waals surface area contributed by atoms with Crippen molar-refractivity contribution in [2.75, 3.05) is 13.2 Å². The monoisotopic (exact) mass is 410 g/mol. The van der Waals surface area contributed by atoms with Crippen LogP contribution in [-0.4, -0.2) is 25.2 Å². The summed E-state index contributed by atoms with van der Waals surface area (Å²) in [5.74, 6) is 0.176. The lowest BCUT2D eigenvalue weighted by Gasteiger charge is -2.29. The van der Waals surface area contributed by atoms with E-state index in [9.17, 15) is 9.59 Å². The Kier molecular flexibility index (Phi) is 6.87. The van der Waals surface area contributed by atoms with E-state index in [1.54, 1.807) is 13.8 Å². The lowest BCUT2D eigenvalue weighted by molar-refractivity contribution is -0.139. The average molecular weight is 411 g/mol. The molecular weight excluding hydrogens is 388 g/mol. The molecule has 2 N–H and O–H groups in total. The maximum atomic E-state index is 12.4. The number of halogens is 1. The Morgan fingerprint density at radius 3 is 2.76 bits per heavy atom. The van der Waals surface area contributed by atoms with Crippen molar-refractivity contribution in [1.29, 1.82) is 0 Å². The van der Waals surface area contributed by atoms with Gasteiger partial charge in [0, 0.05) is 15.7 Å². The highest BCUT2D eigenvalue weighted by Crippen LogP contribution is 2.35.